The number of benzene rings is 1. The minimum absolute atomic E-state index is 0. The summed E-state index contributed by atoms with van der Waals surface area (Å²) >= 11 is 5.90. The zero-order chi connectivity index (χ0) is 26.2. The topological polar surface area (TPSA) is 178 Å². The summed E-state index contributed by atoms with van der Waals surface area (Å²) in [5.41, 5.74) is 0.637. The summed E-state index contributed by atoms with van der Waals surface area (Å²) in [6.45, 7) is 1.24. The fourth-order valence-electron chi connectivity index (χ4n) is 4.67. The number of halogens is 2. The third kappa shape index (κ3) is 5.84. The number of carbonyl (C=O) groups excluding carboxylic acids is 1. The number of carboxylic acid groups (broad SMARTS) is 1. The number of aryl methyl sites for hydroxylation is 1. The average molecular weight is 564 g/mol. The molecule has 1 aromatic carbocycles. The van der Waals surface area contributed by atoms with Gasteiger partial charge in [0.05, 0.1) is 16.5 Å². The summed E-state index contributed by atoms with van der Waals surface area (Å²) in [5.74, 6) is -0.807. The van der Waals surface area contributed by atoms with E-state index in [1.165, 1.54) is 12.1 Å². The van der Waals surface area contributed by atoms with Gasteiger partial charge in [-0.2, -0.15) is 4.98 Å². The molecule has 0 atom stereocenters. The van der Waals surface area contributed by atoms with E-state index >= 15 is 0 Å². The van der Waals surface area contributed by atoms with Gasteiger partial charge >= 0.3 is 0 Å². The van der Waals surface area contributed by atoms with Crippen molar-refractivity contribution in [1.82, 2.24) is 26.1 Å². The number of aliphatic carboxylic acids is 1. The second kappa shape index (κ2) is 11.1. The van der Waals surface area contributed by atoms with Crippen LogP contribution in [-0.2, 0) is 27.5 Å². The van der Waals surface area contributed by atoms with Crippen LogP contribution in [0.3, 0.4) is 0 Å². The van der Waals surface area contributed by atoms with Crippen molar-refractivity contribution >= 4 is 44.9 Å². The molecule has 1 saturated heterocycles. The highest BCUT2D eigenvalue weighted by Crippen LogP contribution is 2.35. The molecule has 4 heterocycles. The quantitative estimate of drug-likeness (QED) is 0.452. The van der Waals surface area contributed by atoms with Gasteiger partial charge in [-0.1, -0.05) is 17.7 Å². The molecule has 0 radical (unpaired) electrons. The zero-order valence-corrected chi connectivity index (χ0v) is 22.2. The van der Waals surface area contributed by atoms with Gasteiger partial charge < -0.3 is 26.3 Å². The molecule has 5 N–H and O–H groups in total. The number of sulfone groups is 1. The molecule has 0 amide bonds. The van der Waals surface area contributed by atoms with Crippen LogP contribution in [0.4, 0.5) is 21.8 Å². The van der Waals surface area contributed by atoms with Crippen LogP contribution in [0.25, 0.3) is 0 Å². The van der Waals surface area contributed by atoms with Crippen LogP contribution in [0.5, 0.6) is 0 Å². The average Bonchev–Trinajstić information content (AvgIpc) is 2.85. The first-order valence-electron chi connectivity index (χ1n) is 11.8. The molecule has 202 valence electrons. The third-order valence-corrected chi connectivity index (χ3v) is 8.57. The van der Waals surface area contributed by atoms with E-state index in [-0.39, 0.29) is 39.8 Å². The molecule has 0 aliphatic carbocycles. The molecule has 5 rings (SSSR count). The maximum Gasteiger partial charge on any atom is 0.227 e. The Hall–Kier alpha value is -3.42. The summed E-state index contributed by atoms with van der Waals surface area (Å²) < 4.78 is 40.3. The van der Waals surface area contributed by atoms with Gasteiger partial charge in [0, 0.05) is 49.5 Å². The number of anilines is 3. The van der Waals surface area contributed by atoms with Crippen LogP contribution in [0.2, 0.25) is 5.02 Å². The first-order chi connectivity index (χ1) is 17.7. The SMILES string of the molecule is O=C([O-])Cc1ccc(Nc2nc(N3CCC(c4ncc(Cl)cn4)CC3)nc3c2S(=O)(=O)CCC3)cc1F.[NH4+]. The molecule has 0 saturated carbocycles. The van der Waals surface area contributed by atoms with E-state index in [2.05, 4.69) is 25.3 Å². The van der Waals surface area contributed by atoms with Crippen LogP contribution >= 0.6 is 11.6 Å². The number of nitrogens with one attached hydrogen (secondary N) is 1. The fourth-order valence-corrected chi connectivity index (χ4v) is 6.39. The van der Waals surface area contributed by atoms with Crippen molar-refractivity contribution in [3.05, 3.63) is 58.5 Å². The van der Waals surface area contributed by atoms with Crippen molar-refractivity contribution in [3.8, 4) is 0 Å². The summed E-state index contributed by atoms with van der Waals surface area (Å²) in [7, 11) is -3.64. The number of quaternary nitrogens is 1. The Labute approximate surface area is 224 Å². The first kappa shape index (κ1) is 27.6. The molecule has 0 unspecified atom stereocenters. The van der Waals surface area contributed by atoms with Gasteiger partial charge in [0.1, 0.15) is 16.5 Å². The van der Waals surface area contributed by atoms with Gasteiger partial charge in [0.2, 0.25) is 5.95 Å². The van der Waals surface area contributed by atoms with Gasteiger partial charge in [-0.25, -0.2) is 27.8 Å². The normalized spacial score (nSPS) is 16.8. The predicted octanol–water partition coefficient (Wildman–Crippen LogP) is 2.58. The van der Waals surface area contributed by atoms with Gasteiger partial charge in [0.25, 0.3) is 0 Å². The van der Waals surface area contributed by atoms with Crippen molar-refractivity contribution in [2.24, 2.45) is 0 Å². The summed E-state index contributed by atoms with van der Waals surface area (Å²) in [4.78, 5) is 30.7. The van der Waals surface area contributed by atoms with Crippen LogP contribution in [-0.4, -0.2) is 53.2 Å². The largest absolute Gasteiger partial charge is 0.550 e. The van der Waals surface area contributed by atoms with Crippen molar-refractivity contribution < 1.29 is 22.7 Å². The summed E-state index contributed by atoms with van der Waals surface area (Å²) in [5, 5.41) is 14.3. The van der Waals surface area contributed by atoms with E-state index in [1.807, 2.05) is 4.90 Å². The molecule has 2 aliphatic heterocycles. The Bertz CT molecular complexity index is 1450. The van der Waals surface area contributed by atoms with Gasteiger partial charge in [-0.05, 0) is 43.4 Å². The Morgan fingerprint density at radius 3 is 2.55 bits per heavy atom. The second-order valence-electron chi connectivity index (χ2n) is 9.07. The number of rotatable bonds is 6. The first-order valence-corrected chi connectivity index (χ1v) is 13.8. The van der Waals surface area contributed by atoms with E-state index in [0.717, 1.165) is 24.7 Å². The lowest BCUT2D eigenvalue weighted by molar-refractivity contribution is -0.304. The number of carbonyl (C=O) groups is 1. The second-order valence-corrected chi connectivity index (χ2v) is 11.6. The number of piperidine rings is 1. The number of hydrogen-bond donors (Lipinski definition) is 2. The predicted molar refractivity (Wildman–Crippen MR) is 138 cm³/mol. The smallest absolute Gasteiger partial charge is 0.227 e. The minimum Gasteiger partial charge on any atom is -0.550 e. The Morgan fingerprint density at radius 1 is 1.18 bits per heavy atom. The summed E-state index contributed by atoms with van der Waals surface area (Å²) in [6.07, 6.45) is 5.04. The lowest BCUT2D eigenvalue weighted by atomic mass is 9.96. The monoisotopic (exact) mass is 563 g/mol. The maximum absolute atomic E-state index is 14.5. The third-order valence-electron chi connectivity index (χ3n) is 6.50. The van der Waals surface area contributed by atoms with Crippen molar-refractivity contribution in [1.29, 1.82) is 0 Å². The van der Waals surface area contributed by atoms with E-state index in [0.29, 0.717) is 42.6 Å². The van der Waals surface area contributed by atoms with E-state index < -0.39 is 28.0 Å². The lowest BCUT2D eigenvalue weighted by Gasteiger charge is -2.32. The molecule has 2 aromatic heterocycles. The van der Waals surface area contributed by atoms with Crippen LogP contribution < -0.4 is 21.5 Å². The van der Waals surface area contributed by atoms with E-state index in [9.17, 15) is 22.7 Å². The highest BCUT2D eigenvalue weighted by atomic mass is 35.5. The van der Waals surface area contributed by atoms with Crippen molar-refractivity contribution in [3.63, 3.8) is 0 Å². The fraction of sp³-hybridized carbons (Fsp3) is 0.375. The molecular weight excluding hydrogens is 537 g/mol. The molecule has 0 spiro atoms. The molecule has 1 fully saturated rings. The van der Waals surface area contributed by atoms with Crippen LogP contribution in [0, 0.1) is 5.82 Å². The van der Waals surface area contributed by atoms with Crippen molar-refractivity contribution in [2.45, 2.75) is 42.9 Å². The number of nitrogens with zero attached hydrogens (tertiary/aromatic N) is 5. The van der Waals surface area contributed by atoms with Crippen molar-refractivity contribution in [2.75, 3.05) is 29.1 Å². The lowest BCUT2D eigenvalue weighted by Crippen LogP contribution is -2.35. The van der Waals surface area contributed by atoms with Gasteiger partial charge in [-0.3, -0.25) is 0 Å². The molecule has 0 bridgehead atoms. The molecule has 3 aromatic rings. The maximum atomic E-state index is 14.5. The molecule has 14 heteroatoms. The van der Waals surface area contributed by atoms with Crippen LogP contribution in [0.15, 0.2) is 35.5 Å². The molecule has 2 aliphatic rings. The Kier molecular flexibility index (Phi) is 8.09. The summed E-state index contributed by atoms with van der Waals surface area (Å²) in [6, 6.07) is 3.90. The minimum atomic E-state index is -3.64. The number of hydrogen-bond acceptors (Lipinski definition) is 10. The zero-order valence-electron chi connectivity index (χ0n) is 20.7. The van der Waals surface area contributed by atoms with Gasteiger partial charge in [-0.15, -0.1) is 0 Å². The Balaban J connectivity index is 0.00000336. The van der Waals surface area contributed by atoms with Crippen LogP contribution in [0.1, 0.15) is 42.3 Å². The molecule has 38 heavy (non-hydrogen) atoms. The Morgan fingerprint density at radius 2 is 1.89 bits per heavy atom. The van der Waals surface area contributed by atoms with E-state index in [4.69, 9.17) is 11.6 Å². The standard InChI is InChI=1S/C24H24ClFN6O4S.H3N/c25-16-12-27-22(28-13-16)14-5-7-32(8-6-14)24-30-19-2-1-9-37(35,36)21(19)23(31-24)29-17-4-3-15(10-20(33)34)18(26)11-17;/h3-4,11-14H,1-2,5-10H2,(H,33,34)(H,29,30,31);1H3. The number of carboxylic acids is 1. The van der Waals surface area contributed by atoms with E-state index in [1.54, 1.807) is 12.4 Å². The highest BCUT2D eigenvalue weighted by Gasteiger charge is 2.32. The van der Waals surface area contributed by atoms with Gasteiger partial charge in [0.15, 0.2) is 15.7 Å². The number of aromatic nitrogens is 4. The highest BCUT2D eigenvalue weighted by molar-refractivity contribution is 7.91. The molecule has 11 nitrogen and oxygen atoms in total. The molecular formula is C24H27ClFN7O4S. The number of fused-ring (bicyclic) bond motifs is 1.